The van der Waals surface area contributed by atoms with Gasteiger partial charge in [0.1, 0.15) is 17.2 Å². The Morgan fingerprint density at radius 3 is 2.42 bits per heavy atom. The molecule has 2 N–H and O–H groups in total. The van der Waals surface area contributed by atoms with E-state index in [1.54, 1.807) is 6.07 Å². The largest absolute Gasteiger partial charge is 0.493 e. The maximum Gasteiger partial charge on any atom is 0.222 e. The Morgan fingerprint density at radius 2 is 1.84 bits per heavy atom. The van der Waals surface area contributed by atoms with E-state index in [2.05, 4.69) is 21.1 Å². The van der Waals surface area contributed by atoms with Gasteiger partial charge in [0.25, 0.3) is 0 Å². The Kier molecular flexibility index (Phi) is 4.31. The number of ether oxygens (including phenoxy) is 2. The first-order valence-electron chi connectivity index (χ1n) is 5.97. The van der Waals surface area contributed by atoms with E-state index in [0.29, 0.717) is 24.7 Å². The van der Waals surface area contributed by atoms with Crippen molar-refractivity contribution in [1.29, 1.82) is 0 Å². The number of rotatable bonds is 5. The van der Waals surface area contributed by atoms with Crippen molar-refractivity contribution in [3.63, 3.8) is 0 Å². The first-order valence-corrected chi connectivity index (χ1v) is 6.76. The molecule has 0 spiro atoms. The van der Waals surface area contributed by atoms with Gasteiger partial charge in [-0.15, -0.1) is 0 Å². The van der Waals surface area contributed by atoms with Gasteiger partial charge >= 0.3 is 0 Å². The number of benzene rings is 1. The molecule has 2 aromatic rings. The van der Waals surface area contributed by atoms with E-state index in [1.807, 2.05) is 26.0 Å². The second kappa shape index (κ2) is 5.97. The molecule has 0 aliphatic carbocycles. The zero-order valence-corrected chi connectivity index (χ0v) is 12.4. The van der Waals surface area contributed by atoms with Crippen LogP contribution in [0, 0.1) is 0 Å². The van der Waals surface area contributed by atoms with E-state index in [-0.39, 0.29) is 5.88 Å². The Balaban J connectivity index is 2.51. The quantitative estimate of drug-likeness (QED) is 0.910. The summed E-state index contributed by atoms with van der Waals surface area (Å²) in [5.41, 5.74) is 6.96. The topological polar surface area (TPSA) is 70.5 Å². The predicted octanol–water partition coefficient (Wildman–Crippen LogP) is 3.48. The van der Waals surface area contributed by atoms with Gasteiger partial charge in [0.05, 0.1) is 17.7 Å². The number of halogens is 1. The molecule has 6 heteroatoms. The standard InChI is InChI=1S/C13H15BrN2O3/c1-3-17-11-6-9(14)12(18-4-2)5-8(11)10-7-13(15)19-16-10/h5-7H,3-4,15H2,1-2H3. The normalized spacial score (nSPS) is 10.5. The van der Waals surface area contributed by atoms with Crippen molar-refractivity contribution in [2.24, 2.45) is 0 Å². The molecule has 0 saturated carbocycles. The molecule has 2 rings (SSSR count). The maximum absolute atomic E-state index is 5.61. The second-order valence-electron chi connectivity index (χ2n) is 3.76. The van der Waals surface area contributed by atoms with Gasteiger partial charge in [0, 0.05) is 11.6 Å². The van der Waals surface area contributed by atoms with Gasteiger partial charge in [-0.3, -0.25) is 0 Å². The van der Waals surface area contributed by atoms with Crippen LogP contribution >= 0.6 is 15.9 Å². The number of nitrogens with zero attached hydrogens (tertiary/aromatic N) is 1. The van der Waals surface area contributed by atoms with E-state index >= 15 is 0 Å². The fourth-order valence-electron chi connectivity index (χ4n) is 1.69. The van der Waals surface area contributed by atoms with Crippen molar-refractivity contribution in [3.8, 4) is 22.8 Å². The average molecular weight is 327 g/mol. The predicted molar refractivity (Wildman–Crippen MR) is 76.4 cm³/mol. The van der Waals surface area contributed by atoms with Crippen LogP contribution in [0.25, 0.3) is 11.3 Å². The molecular formula is C13H15BrN2O3. The summed E-state index contributed by atoms with van der Waals surface area (Å²) >= 11 is 3.46. The molecule has 1 aromatic heterocycles. The maximum atomic E-state index is 5.61. The van der Waals surface area contributed by atoms with Gasteiger partial charge in [-0.2, -0.15) is 0 Å². The smallest absolute Gasteiger partial charge is 0.222 e. The molecule has 102 valence electrons. The third kappa shape index (κ3) is 3.01. The summed E-state index contributed by atoms with van der Waals surface area (Å²) in [5.74, 6) is 1.69. The molecule has 19 heavy (non-hydrogen) atoms. The first-order chi connectivity index (χ1) is 9.15. The first kappa shape index (κ1) is 13.7. The van der Waals surface area contributed by atoms with Crippen LogP contribution in [-0.4, -0.2) is 18.4 Å². The minimum Gasteiger partial charge on any atom is -0.493 e. The highest BCUT2D eigenvalue weighted by atomic mass is 79.9. The van der Waals surface area contributed by atoms with E-state index in [4.69, 9.17) is 19.7 Å². The molecule has 1 heterocycles. The third-order valence-electron chi connectivity index (χ3n) is 2.44. The molecule has 0 saturated heterocycles. The molecule has 0 fully saturated rings. The molecule has 0 atom stereocenters. The lowest BCUT2D eigenvalue weighted by atomic mass is 10.1. The minimum atomic E-state index is 0.262. The van der Waals surface area contributed by atoms with Gasteiger partial charge in [-0.05, 0) is 41.9 Å². The van der Waals surface area contributed by atoms with Crippen molar-refractivity contribution in [2.75, 3.05) is 18.9 Å². The lowest BCUT2D eigenvalue weighted by Crippen LogP contribution is -1.98. The summed E-state index contributed by atoms with van der Waals surface area (Å²) in [6.45, 7) is 4.98. The Bertz CT molecular complexity index is 569. The summed E-state index contributed by atoms with van der Waals surface area (Å²) in [5, 5.41) is 3.91. The number of hydrogen-bond donors (Lipinski definition) is 1. The molecule has 0 aliphatic rings. The highest BCUT2D eigenvalue weighted by Crippen LogP contribution is 2.38. The summed E-state index contributed by atoms with van der Waals surface area (Å²) in [7, 11) is 0. The van der Waals surface area contributed by atoms with Gasteiger partial charge in [-0.25, -0.2) is 0 Å². The molecule has 0 unspecified atom stereocenters. The third-order valence-corrected chi connectivity index (χ3v) is 3.06. The summed E-state index contributed by atoms with van der Waals surface area (Å²) < 4.78 is 16.9. The van der Waals surface area contributed by atoms with Crippen LogP contribution in [0.4, 0.5) is 5.88 Å². The average Bonchev–Trinajstić information content (AvgIpc) is 2.79. The number of hydrogen-bond acceptors (Lipinski definition) is 5. The van der Waals surface area contributed by atoms with Crippen LogP contribution in [0.5, 0.6) is 11.5 Å². The van der Waals surface area contributed by atoms with Crippen molar-refractivity contribution < 1.29 is 14.0 Å². The molecule has 0 aliphatic heterocycles. The SMILES string of the molecule is CCOc1cc(-c2cc(N)on2)c(OCC)cc1Br. The van der Waals surface area contributed by atoms with Gasteiger partial charge in [-0.1, -0.05) is 5.16 Å². The van der Waals surface area contributed by atoms with Gasteiger partial charge in [0.15, 0.2) is 0 Å². The number of aromatic nitrogens is 1. The minimum absolute atomic E-state index is 0.262. The molecule has 1 aromatic carbocycles. The Hall–Kier alpha value is -1.69. The number of nitrogen functional groups attached to an aromatic ring is 1. The Labute approximate surface area is 119 Å². The summed E-state index contributed by atoms with van der Waals surface area (Å²) in [6.07, 6.45) is 0. The molecule has 5 nitrogen and oxygen atoms in total. The van der Waals surface area contributed by atoms with Crippen LogP contribution < -0.4 is 15.2 Å². The Morgan fingerprint density at radius 1 is 1.16 bits per heavy atom. The number of nitrogens with two attached hydrogens (primary N) is 1. The molecule has 0 bridgehead atoms. The fourth-order valence-corrected chi connectivity index (χ4v) is 2.13. The van der Waals surface area contributed by atoms with Crippen molar-refractivity contribution in [1.82, 2.24) is 5.16 Å². The molecule has 0 amide bonds. The van der Waals surface area contributed by atoms with Crippen LogP contribution in [0.15, 0.2) is 27.2 Å². The summed E-state index contributed by atoms with van der Waals surface area (Å²) in [4.78, 5) is 0. The highest BCUT2D eigenvalue weighted by Gasteiger charge is 2.15. The highest BCUT2D eigenvalue weighted by molar-refractivity contribution is 9.10. The van der Waals surface area contributed by atoms with Crippen LogP contribution in [0.3, 0.4) is 0 Å². The summed E-state index contributed by atoms with van der Waals surface area (Å²) in [6, 6.07) is 5.37. The van der Waals surface area contributed by atoms with Crippen LogP contribution in [0.2, 0.25) is 0 Å². The van der Waals surface area contributed by atoms with Crippen molar-refractivity contribution >= 4 is 21.8 Å². The second-order valence-corrected chi connectivity index (χ2v) is 4.61. The van der Waals surface area contributed by atoms with E-state index in [1.165, 1.54) is 0 Å². The van der Waals surface area contributed by atoms with Crippen molar-refractivity contribution in [2.45, 2.75) is 13.8 Å². The van der Waals surface area contributed by atoms with Crippen LogP contribution in [0.1, 0.15) is 13.8 Å². The molecule has 0 radical (unpaired) electrons. The molecular weight excluding hydrogens is 312 g/mol. The van der Waals surface area contributed by atoms with Gasteiger partial charge in [0.2, 0.25) is 5.88 Å². The number of anilines is 1. The fraction of sp³-hybridized carbons (Fsp3) is 0.308. The van der Waals surface area contributed by atoms with Crippen molar-refractivity contribution in [3.05, 3.63) is 22.7 Å². The van der Waals surface area contributed by atoms with E-state index < -0.39 is 0 Å². The zero-order valence-electron chi connectivity index (χ0n) is 10.8. The monoisotopic (exact) mass is 326 g/mol. The van der Waals surface area contributed by atoms with Crippen LogP contribution in [-0.2, 0) is 0 Å². The van der Waals surface area contributed by atoms with Gasteiger partial charge < -0.3 is 19.7 Å². The lowest BCUT2D eigenvalue weighted by molar-refractivity contribution is 0.329. The van der Waals surface area contributed by atoms with E-state index in [0.717, 1.165) is 15.8 Å². The van der Waals surface area contributed by atoms with E-state index in [9.17, 15) is 0 Å². The zero-order chi connectivity index (χ0) is 13.8. The lowest BCUT2D eigenvalue weighted by Gasteiger charge is -2.12.